The first kappa shape index (κ1) is 14.9. The zero-order valence-corrected chi connectivity index (χ0v) is 12.4. The van der Waals surface area contributed by atoms with Crippen LogP contribution in [0.4, 0.5) is 0 Å². The first-order chi connectivity index (χ1) is 9.26. The van der Waals surface area contributed by atoms with Gasteiger partial charge in [0.25, 0.3) is 0 Å². The zero-order chi connectivity index (χ0) is 15.1. The average Bonchev–Trinajstić information content (AvgIpc) is 2.93. The summed E-state index contributed by atoms with van der Waals surface area (Å²) in [5, 5.41) is 12.5. The maximum absolute atomic E-state index is 12.2. The van der Waals surface area contributed by atoms with Crippen molar-refractivity contribution in [1.82, 2.24) is 5.32 Å². The van der Waals surface area contributed by atoms with E-state index in [0.29, 0.717) is 5.02 Å². The van der Waals surface area contributed by atoms with Crippen molar-refractivity contribution in [2.45, 2.75) is 26.8 Å². The van der Waals surface area contributed by atoms with Crippen LogP contribution < -0.4 is 5.32 Å². The lowest BCUT2D eigenvalue weighted by Gasteiger charge is -2.16. The molecule has 1 fully saturated rings. The number of carboxylic acids is 1. The highest BCUT2D eigenvalue weighted by Gasteiger charge is 2.65. The molecule has 1 aliphatic rings. The van der Waals surface area contributed by atoms with E-state index in [2.05, 4.69) is 5.32 Å². The molecule has 1 amide bonds. The molecule has 0 unspecified atom stereocenters. The number of halogens is 1. The Morgan fingerprint density at radius 3 is 2.40 bits per heavy atom. The van der Waals surface area contributed by atoms with Crippen LogP contribution >= 0.6 is 11.6 Å². The van der Waals surface area contributed by atoms with Gasteiger partial charge in [-0.1, -0.05) is 43.6 Å². The standard InChI is InChI=1S/C15H18ClNO3/c1-8(9-6-4-5-7-10(9)16)17-13(18)11-12(14(19)20)15(11,2)3/h4-8,11-12H,1-3H3,(H,17,18)(H,19,20)/t8-,11-,12+/m1/s1. The number of carbonyl (C=O) groups is 2. The molecule has 1 saturated carbocycles. The van der Waals surface area contributed by atoms with E-state index in [1.807, 2.05) is 25.1 Å². The summed E-state index contributed by atoms with van der Waals surface area (Å²) in [6, 6.07) is 7.04. The van der Waals surface area contributed by atoms with Crippen LogP contribution in [-0.4, -0.2) is 17.0 Å². The highest BCUT2D eigenvalue weighted by molar-refractivity contribution is 6.31. The normalized spacial score (nSPS) is 24.8. The van der Waals surface area contributed by atoms with Crippen molar-refractivity contribution in [3.63, 3.8) is 0 Å². The summed E-state index contributed by atoms with van der Waals surface area (Å²) in [6.45, 7) is 5.44. The molecule has 0 aliphatic heterocycles. The van der Waals surface area contributed by atoms with Gasteiger partial charge in [0, 0.05) is 5.02 Å². The fourth-order valence-corrected chi connectivity index (χ4v) is 3.09. The number of benzene rings is 1. The van der Waals surface area contributed by atoms with E-state index in [9.17, 15) is 9.59 Å². The fraction of sp³-hybridized carbons (Fsp3) is 0.467. The summed E-state index contributed by atoms with van der Waals surface area (Å²) in [5.74, 6) is -2.23. The number of rotatable bonds is 4. The summed E-state index contributed by atoms with van der Waals surface area (Å²) in [5.41, 5.74) is 0.337. The Kier molecular flexibility index (Phi) is 3.78. The summed E-state index contributed by atoms with van der Waals surface area (Å²) in [7, 11) is 0. The predicted octanol–water partition coefficient (Wildman–Crippen LogP) is 2.87. The minimum absolute atomic E-state index is 0.227. The molecule has 1 aromatic rings. The van der Waals surface area contributed by atoms with E-state index < -0.39 is 23.2 Å². The third kappa shape index (κ3) is 2.52. The van der Waals surface area contributed by atoms with Crippen LogP contribution in [0.5, 0.6) is 0 Å². The Hall–Kier alpha value is -1.55. The van der Waals surface area contributed by atoms with Crippen LogP contribution in [0.2, 0.25) is 5.02 Å². The summed E-state index contributed by atoms with van der Waals surface area (Å²) < 4.78 is 0. The molecule has 0 aromatic heterocycles. The SMILES string of the molecule is C[C@@H](NC(=O)[C@H]1[C@@H](C(=O)O)C1(C)C)c1ccccc1Cl. The van der Waals surface area contributed by atoms with E-state index >= 15 is 0 Å². The van der Waals surface area contributed by atoms with E-state index in [4.69, 9.17) is 16.7 Å². The van der Waals surface area contributed by atoms with E-state index in [1.54, 1.807) is 19.9 Å². The molecule has 2 N–H and O–H groups in total. The smallest absolute Gasteiger partial charge is 0.307 e. The molecule has 2 rings (SSSR count). The van der Waals surface area contributed by atoms with Gasteiger partial charge in [0.05, 0.1) is 17.9 Å². The Morgan fingerprint density at radius 1 is 1.30 bits per heavy atom. The van der Waals surface area contributed by atoms with Gasteiger partial charge < -0.3 is 10.4 Å². The summed E-state index contributed by atoms with van der Waals surface area (Å²) in [4.78, 5) is 23.3. The minimum atomic E-state index is -0.916. The first-order valence-corrected chi connectivity index (χ1v) is 6.92. The Morgan fingerprint density at radius 2 is 1.90 bits per heavy atom. The monoisotopic (exact) mass is 295 g/mol. The van der Waals surface area contributed by atoms with Crippen molar-refractivity contribution < 1.29 is 14.7 Å². The lowest BCUT2D eigenvalue weighted by atomic mass is 10.1. The van der Waals surface area contributed by atoms with Crippen molar-refractivity contribution in [3.8, 4) is 0 Å². The Bertz CT molecular complexity index is 556. The largest absolute Gasteiger partial charge is 0.481 e. The third-order valence-electron chi connectivity index (χ3n) is 4.11. The second-order valence-electron chi connectivity index (χ2n) is 5.87. The molecule has 0 bridgehead atoms. The molecular weight excluding hydrogens is 278 g/mol. The number of hydrogen-bond acceptors (Lipinski definition) is 2. The number of carbonyl (C=O) groups excluding carboxylic acids is 1. The topological polar surface area (TPSA) is 66.4 Å². The van der Waals surface area contributed by atoms with Crippen molar-refractivity contribution in [1.29, 1.82) is 0 Å². The van der Waals surface area contributed by atoms with Gasteiger partial charge >= 0.3 is 5.97 Å². The molecule has 3 atom stereocenters. The van der Waals surface area contributed by atoms with Gasteiger partial charge in [0.2, 0.25) is 5.91 Å². The summed E-state index contributed by atoms with van der Waals surface area (Å²) in [6.07, 6.45) is 0. The van der Waals surface area contributed by atoms with Gasteiger partial charge in [-0.05, 0) is 24.0 Å². The van der Waals surface area contributed by atoms with E-state index in [-0.39, 0.29) is 11.9 Å². The first-order valence-electron chi connectivity index (χ1n) is 6.54. The molecule has 1 aromatic carbocycles. The quantitative estimate of drug-likeness (QED) is 0.897. The van der Waals surface area contributed by atoms with Gasteiger partial charge in [0.1, 0.15) is 0 Å². The second kappa shape index (κ2) is 5.09. The second-order valence-corrected chi connectivity index (χ2v) is 6.27. The van der Waals surface area contributed by atoms with Crippen molar-refractivity contribution >= 4 is 23.5 Å². The van der Waals surface area contributed by atoms with E-state index in [0.717, 1.165) is 5.56 Å². The van der Waals surface area contributed by atoms with Crippen LogP contribution in [0, 0.1) is 17.3 Å². The molecule has 20 heavy (non-hydrogen) atoms. The molecule has 5 heteroatoms. The lowest BCUT2D eigenvalue weighted by molar-refractivity contribution is -0.140. The molecular formula is C15H18ClNO3. The third-order valence-corrected chi connectivity index (χ3v) is 4.45. The fourth-order valence-electron chi connectivity index (χ4n) is 2.80. The van der Waals surface area contributed by atoms with Gasteiger partial charge in [-0.15, -0.1) is 0 Å². The molecule has 4 nitrogen and oxygen atoms in total. The number of nitrogens with one attached hydrogen (secondary N) is 1. The van der Waals surface area contributed by atoms with Crippen LogP contribution in [0.3, 0.4) is 0 Å². The maximum Gasteiger partial charge on any atom is 0.307 e. The van der Waals surface area contributed by atoms with Gasteiger partial charge in [-0.2, -0.15) is 0 Å². The lowest BCUT2D eigenvalue weighted by Crippen LogP contribution is -2.30. The molecule has 0 radical (unpaired) electrons. The summed E-state index contributed by atoms with van der Waals surface area (Å²) >= 11 is 6.09. The highest BCUT2D eigenvalue weighted by atomic mass is 35.5. The van der Waals surface area contributed by atoms with Gasteiger partial charge in [-0.25, -0.2) is 0 Å². The highest BCUT2D eigenvalue weighted by Crippen LogP contribution is 2.58. The van der Waals surface area contributed by atoms with Crippen LogP contribution in [0.1, 0.15) is 32.4 Å². The van der Waals surface area contributed by atoms with E-state index in [1.165, 1.54) is 0 Å². The zero-order valence-electron chi connectivity index (χ0n) is 11.7. The van der Waals surface area contributed by atoms with Crippen LogP contribution in [-0.2, 0) is 9.59 Å². The van der Waals surface area contributed by atoms with Crippen LogP contribution in [0.15, 0.2) is 24.3 Å². The number of carboxylic acid groups (broad SMARTS) is 1. The van der Waals surface area contributed by atoms with Crippen molar-refractivity contribution in [2.24, 2.45) is 17.3 Å². The van der Waals surface area contributed by atoms with Gasteiger partial charge in [-0.3, -0.25) is 9.59 Å². The molecule has 0 spiro atoms. The minimum Gasteiger partial charge on any atom is -0.481 e. The molecule has 0 saturated heterocycles. The van der Waals surface area contributed by atoms with Crippen molar-refractivity contribution in [2.75, 3.05) is 0 Å². The van der Waals surface area contributed by atoms with Gasteiger partial charge in [0.15, 0.2) is 0 Å². The van der Waals surface area contributed by atoms with Crippen LogP contribution in [0.25, 0.3) is 0 Å². The Balaban J connectivity index is 2.07. The molecule has 0 heterocycles. The number of aliphatic carboxylic acids is 1. The predicted molar refractivity (Wildman–Crippen MR) is 76.4 cm³/mol. The molecule has 1 aliphatic carbocycles. The Labute approximate surface area is 123 Å². The average molecular weight is 296 g/mol. The number of hydrogen-bond donors (Lipinski definition) is 2. The van der Waals surface area contributed by atoms with Crippen molar-refractivity contribution in [3.05, 3.63) is 34.9 Å². The maximum atomic E-state index is 12.2. The molecule has 108 valence electrons. The number of amides is 1.